The molecule has 3 rings (SSSR count). The molecule has 2 aromatic rings. The third kappa shape index (κ3) is 9.82. The monoisotopic (exact) mass is 440 g/mol. The van der Waals surface area contributed by atoms with E-state index in [4.69, 9.17) is 0 Å². The summed E-state index contributed by atoms with van der Waals surface area (Å²) in [5, 5.41) is 2.75. The van der Waals surface area contributed by atoms with E-state index in [1.54, 1.807) is 24.2 Å². The fourth-order valence-corrected chi connectivity index (χ4v) is 2.14. The summed E-state index contributed by atoms with van der Waals surface area (Å²) in [4.78, 5) is 0. The summed E-state index contributed by atoms with van der Waals surface area (Å²) in [6, 6.07) is 13.0. The van der Waals surface area contributed by atoms with E-state index in [1.807, 2.05) is 12.2 Å². The quantitative estimate of drug-likeness (QED) is 0.396. The van der Waals surface area contributed by atoms with Crippen molar-refractivity contribution < 1.29 is 24.2 Å². The van der Waals surface area contributed by atoms with E-state index in [0.717, 1.165) is 6.42 Å². The molecular weight excluding hydrogens is 414 g/mol. The topological polar surface area (TPSA) is 0 Å². The number of benzene rings is 1. The molecule has 0 aliphatic heterocycles. The van der Waals surface area contributed by atoms with Gasteiger partial charge >= 0.3 is 41.3 Å². The molecular formula is C21H28Cl2Zr. The molecule has 24 heavy (non-hydrogen) atoms. The van der Waals surface area contributed by atoms with Gasteiger partial charge in [-0.15, -0.1) is 77.9 Å². The molecule has 0 heterocycles. The number of hydrogen-bond donors (Lipinski definition) is 0. The second-order valence-electron chi connectivity index (χ2n) is 6.59. The van der Waals surface area contributed by atoms with E-state index < -0.39 is 0 Å². The first-order chi connectivity index (χ1) is 10.3. The van der Waals surface area contributed by atoms with Gasteiger partial charge in [0, 0.05) is 0 Å². The van der Waals surface area contributed by atoms with Crippen LogP contribution in [0.25, 0.3) is 10.8 Å². The summed E-state index contributed by atoms with van der Waals surface area (Å²) in [5.41, 5.74) is 1.70. The van der Waals surface area contributed by atoms with Crippen LogP contribution in [-0.4, -0.2) is 3.21 Å². The van der Waals surface area contributed by atoms with Crippen LogP contribution < -0.4 is 0 Å². The molecule has 0 fully saturated rings. The maximum atomic E-state index is 2.99. The van der Waals surface area contributed by atoms with Crippen molar-refractivity contribution in [2.75, 3.05) is 0 Å². The normalized spacial score (nSPS) is 11.5. The van der Waals surface area contributed by atoms with E-state index >= 15 is 0 Å². The van der Waals surface area contributed by atoms with E-state index in [2.05, 4.69) is 83.2 Å². The minimum absolute atomic E-state index is 0. The fourth-order valence-electron chi connectivity index (χ4n) is 2.14. The Morgan fingerprint density at radius 1 is 1.12 bits per heavy atom. The van der Waals surface area contributed by atoms with Crippen LogP contribution in [0.2, 0.25) is 0 Å². The largest absolute Gasteiger partial charge is 0.273 e. The minimum Gasteiger partial charge on any atom is -0.273 e. The Labute approximate surface area is 174 Å². The molecule has 0 N–H and O–H groups in total. The van der Waals surface area contributed by atoms with Gasteiger partial charge in [0.25, 0.3) is 0 Å². The Balaban J connectivity index is 0. The molecule has 0 aromatic heterocycles. The molecule has 1 aliphatic carbocycles. The van der Waals surface area contributed by atoms with Crippen LogP contribution in [0.1, 0.15) is 46.6 Å². The van der Waals surface area contributed by atoms with Crippen molar-refractivity contribution >= 4 is 38.8 Å². The number of halogens is 2. The average Bonchev–Trinajstić information content (AvgIpc) is 3.10. The van der Waals surface area contributed by atoms with Gasteiger partial charge in [-0.25, -0.2) is 12.2 Å². The standard InChI is InChI=1S/C13H15.C5H5.C3H6.2ClH.Zr/c1-13(2,3)12-9-8-10-6-4-5-7-11(10)12;1-2-4-5-3-1;1-3-2;;;/h4-9H,1-3H3;1-3H,4H2;1-2H3;2*1H;/q2*-1;;;;+2. The van der Waals surface area contributed by atoms with Crippen molar-refractivity contribution in [2.24, 2.45) is 0 Å². The van der Waals surface area contributed by atoms with Crippen molar-refractivity contribution in [3.63, 3.8) is 0 Å². The van der Waals surface area contributed by atoms with Gasteiger partial charge in [-0.2, -0.15) is 6.08 Å². The van der Waals surface area contributed by atoms with E-state index in [9.17, 15) is 0 Å². The van der Waals surface area contributed by atoms with E-state index in [-0.39, 0.29) is 30.2 Å². The molecule has 0 bridgehead atoms. The third-order valence-corrected chi connectivity index (χ3v) is 3.07. The van der Waals surface area contributed by atoms with Crippen molar-refractivity contribution in [3.8, 4) is 0 Å². The Hall–Kier alpha value is -0.357. The molecule has 3 heteroatoms. The van der Waals surface area contributed by atoms with Gasteiger partial charge in [0.2, 0.25) is 0 Å². The smallest absolute Gasteiger partial charge is 0.109 e. The van der Waals surface area contributed by atoms with Gasteiger partial charge in [-0.05, 0) is 0 Å². The molecule has 0 spiro atoms. The zero-order valence-electron chi connectivity index (χ0n) is 15.2. The Morgan fingerprint density at radius 2 is 1.71 bits per heavy atom. The summed E-state index contributed by atoms with van der Waals surface area (Å²) >= 11 is 1.55. The molecule has 2 aromatic carbocycles. The van der Waals surface area contributed by atoms with Crippen LogP contribution in [0.3, 0.4) is 0 Å². The van der Waals surface area contributed by atoms with Crippen LogP contribution in [-0.2, 0) is 29.7 Å². The molecule has 0 saturated carbocycles. The molecule has 0 unspecified atom stereocenters. The van der Waals surface area contributed by atoms with Gasteiger partial charge in [-0.3, -0.25) is 6.08 Å². The van der Waals surface area contributed by atoms with Crippen molar-refractivity contribution in [3.05, 3.63) is 66.3 Å². The van der Waals surface area contributed by atoms with Crippen LogP contribution in [0, 0.1) is 6.08 Å². The average molecular weight is 443 g/mol. The zero-order valence-corrected chi connectivity index (χ0v) is 19.3. The summed E-state index contributed by atoms with van der Waals surface area (Å²) in [5.74, 6) is 0. The molecule has 0 atom stereocenters. The summed E-state index contributed by atoms with van der Waals surface area (Å²) in [6.07, 6.45) is 10.0. The summed E-state index contributed by atoms with van der Waals surface area (Å²) in [7, 11) is 0. The predicted octanol–water partition coefficient (Wildman–Crippen LogP) is 6.75. The van der Waals surface area contributed by atoms with Crippen molar-refractivity contribution in [2.45, 2.75) is 46.5 Å². The van der Waals surface area contributed by atoms with Crippen molar-refractivity contribution in [1.29, 1.82) is 0 Å². The van der Waals surface area contributed by atoms with Crippen LogP contribution in [0.4, 0.5) is 0 Å². The number of hydrogen-bond acceptors (Lipinski definition) is 0. The third-order valence-electron chi connectivity index (χ3n) is 3.07. The Morgan fingerprint density at radius 3 is 2.12 bits per heavy atom. The fraction of sp³-hybridized carbons (Fsp3) is 0.333. The second kappa shape index (κ2) is 12.9. The van der Waals surface area contributed by atoms with Gasteiger partial charge in [0.15, 0.2) is 0 Å². The first kappa shape index (κ1) is 25.9. The van der Waals surface area contributed by atoms with Gasteiger partial charge in [-0.1, -0.05) is 32.3 Å². The number of fused-ring (bicyclic) bond motifs is 1. The Kier molecular flexibility index (Phi) is 13.9. The molecule has 130 valence electrons. The van der Waals surface area contributed by atoms with Gasteiger partial charge in [0.1, 0.15) is 0 Å². The minimum atomic E-state index is 0. The molecule has 0 radical (unpaired) electrons. The SMILES string of the molecule is CC(C)(C)c1c[cH-]c2ccccc12.C[C](C)=[Zr+2].Cl.Cl.[C-]1=CC=CC1. The van der Waals surface area contributed by atoms with E-state index in [0.29, 0.717) is 0 Å². The molecule has 0 saturated heterocycles. The second-order valence-corrected chi connectivity index (χ2v) is 9.05. The van der Waals surface area contributed by atoms with Crippen LogP contribution >= 0.6 is 24.8 Å². The van der Waals surface area contributed by atoms with Crippen LogP contribution in [0.15, 0.2) is 54.6 Å². The van der Waals surface area contributed by atoms with Crippen LogP contribution in [0.5, 0.6) is 0 Å². The first-order valence-electron chi connectivity index (χ1n) is 7.71. The molecule has 0 amide bonds. The number of rotatable bonds is 0. The maximum Gasteiger partial charge on any atom is -0.109 e. The molecule has 0 nitrogen and oxygen atoms in total. The van der Waals surface area contributed by atoms with Gasteiger partial charge < -0.3 is 0 Å². The van der Waals surface area contributed by atoms with E-state index in [1.165, 1.54) is 19.5 Å². The zero-order chi connectivity index (χ0) is 16.6. The predicted molar refractivity (Wildman–Crippen MR) is 111 cm³/mol. The Bertz CT molecular complexity index is 644. The van der Waals surface area contributed by atoms with Gasteiger partial charge in [0.05, 0.1) is 0 Å². The summed E-state index contributed by atoms with van der Waals surface area (Å²) in [6.45, 7) is 11.0. The maximum absolute atomic E-state index is 2.99. The molecule has 1 aliphatic rings. The first-order valence-corrected chi connectivity index (χ1v) is 8.93. The number of allylic oxidation sites excluding steroid dienone is 4. The van der Waals surface area contributed by atoms with Crippen molar-refractivity contribution in [1.82, 2.24) is 0 Å². The summed E-state index contributed by atoms with van der Waals surface area (Å²) < 4.78 is 1.51.